The number of aliphatic hydroxyl groups excluding tert-OH is 1. The second-order valence-electron chi connectivity index (χ2n) is 4.13. The average Bonchev–Trinajstić information content (AvgIpc) is 2.02. The Bertz CT molecular complexity index is 190. The van der Waals surface area contributed by atoms with Crippen LogP contribution in [-0.2, 0) is 4.79 Å². The summed E-state index contributed by atoms with van der Waals surface area (Å²) in [6.07, 6.45) is 1.75. The number of hydrogen-bond donors (Lipinski definition) is 1. The van der Waals surface area contributed by atoms with Crippen LogP contribution in [0.1, 0.15) is 27.7 Å². The van der Waals surface area contributed by atoms with Gasteiger partial charge in [0.1, 0.15) is 6.61 Å². The predicted octanol–water partition coefficient (Wildman–Crippen LogP) is 1.79. The van der Waals surface area contributed by atoms with Crippen LogP contribution in [0.25, 0.3) is 0 Å². The van der Waals surface area contributed by atoms with E-state index in [0.717, 1.165) is 0 Å². The normalized spacial score (nSPS) is 12.8. The second kappa shape index (κ2) is 3.40. The van der Waals surface area contributed by atoms with Crippen LogP contribution >= 0.6 is 0 Å². The van der Waals surface area contributed by atoms with Crippen LogP contribution < -0.4 is 0 Å². The molecule has 0 aromatic carbocycles. The lowest BCUT2D eigenvalue weighted by Gasteiger charge is -2.37. The van der Waals surface area contributed by atoms with Gasteiger partial charge in [-0.3, -0.25) is 4.79 Å². The zero-order valence-corrected chi connectivity index (χ0v) is 8.35. The topological polar surface area (TPSA) is 37.3 Å². The minimum atomic E-state index is -0.552. The number of Topliss-reactive ketones (excluding diaryl/α,β-unsaturated/α-hetero) is 1. The highest BCUT2D eigenvalue weighted by atomic mass is 16.3. The van der Waals surface area contributed by atoms with E-state index in [9.17, 15) is 4.79 Å². The molecule has 0 atom stereocenters. The average molecular weight is 170 g/mol. The van der Waals surface area contributed by atoms with E-state index >= 15 is 0 Å². The van der Waals surface area contributed by atoms with Gasteiger partial charge >= 0.3 is 0 Å². The first kappa shape index (κ1) is 11.4. The van der Waals surface area contributed by atoms with E-state index in [2.05, 4.69) is 6.58 Å². The molecule has 0 radical (unpaired) electrons. The Morgan fingerprint density at radius 1 is 1.42 bits per heavy atom. The minimum absolute atomic E-state index is 0.146. The van der Waals surface area contributed by atoms with Gasteiger partial charge in [-0.15, -0.1) is 6.58 Å². The van der Waals surface area contributed by atoms with Gasteiger partial charge in [-0.1, -0.05) is 33.8 Å². The van der Waals surface area contributed by atoms with Gasteiger partial charge in [-0.25, -0.2) is 0 Å². The fraction of sp³-hybridized carbons (Fsp3) is 0.700. The number of carbonyl (C=O) groups excluding carboxylic acids is 1. The second-order valence-corrected chi connectivity index (χ2v) is 4.13. The van der Waals surface area contributed by atoms with Gasteiger partial charge in [-0.2, -0.15) is 0 Å². The number of aliphatic hydroxyl groups is 1. The van der Waals surface area contributed by atoms with E-state index in [1.807, 2.05) is 27.7 Å². The third-order valence-corrected chi connectivity index (χ3v) is 2.96. The maximum absolute atomic E-state index is 11.3. The van der Waals surface area contributed by atoms with Crippen molar-refractivity contribution >= 4 is 5.78 Å². The smallest absolute Gasteiger partial charge is 0.164 e. The van der Waals surface area contributed by atoms with Crippen LogP contribution in [0.2, 0.25) is 0 Å². The van der Waals surface area contributed by atoms with Crippen LogP contribution in [0.5, 0.6) is 0 Å². The van der Waals surface area contributed by atoms with Gasteiger partial charge in [0, 0.05) is 5.41 Å². The highest BCUT2D eigenvalue weighted by molar-refractivity contribution is 5.86. The first-order chi connectivity index (χ1) is 5.29. The molecule has 2 nitrogen and oxygen atoms in total. The highest BCUT2D eigenvalue weighted by Crippen LogP contribution is 2.39. The summed E-state index contributed by atoms with van der Waals surface area (Å²) in [5.74, 6) is -0.146. The lowest BCUT2D eigenvalue weighted by atomic mass is 9.66. The first-order valence-electron chi connectivity index (χ1n) is 4.07. The molecule has 0 spiro atoms. The van der Waals surface area contributed by atoms with Gasteiger partial charge in [0.15, 0.2) is 5.78 Å². The molecule has 0 fully saturated rings. The summed E-state index contributed by atoms with van der Waals surface area (Å²) < 4.78 is 0. The molecule has 0 saturated heterocycles. The van der Waals surface area contributed by atoms with E-state index in [0.29, 0.717) is 0 Å². The van der Waals surface area contributed by atoms with Crippen LogP contribution in [0.3, 0.4) is 0 Å². The zero-order valence-electron chi connectivity index (χ0n) is 8.35. The lowest BCUT2D eigenvalue weighted by molar-refractivity contribution is -0.134. The molecule has 1 N–H and O–H groups in total. The Labute approximate surface area is 74.3 Å². The quantitative estimate of drug-likeness (QED) is 0.653. The Hall–Kier alpha value is -0.630. The monoisotopic (exact) mass is 170 g/mol. The van der Waals surface area contributed by atoms with Crippen molar-refractivity contribution in [2.75, 3.05) is 6.61 Å². The standard InChI is InChI=1S/C10H18O2/c1-6-9(2,3)10(4,5)8(12)7-11/h6,11H,1,7H2,2-5H3. The van der Waals surface area contributed by atoms with Crippen molar-refractivity contribution in [2.45, 2.75) is 27.7 Å². The molecule has 0 aliphatic heterocycles. The largest absolute Gasteiger partial charge is 0.389 e. The van der Waals surface area contributed by atoms with Crippen LogP contribution in [-0.4, -0.2) is 17.5 Å². The summed E-state index contributed by atoms with van der Waals surface area (Å²) in [6, 6.07) is 0. The summed E-state index contributed by atoms with van der Waals surface area (Å²) in [4.78, 5) is 11.3. The predicted molar refractivity (Wildman–Crippen MR) is 49.9 cm³/mol. The molecule has 12 heavy (non-hydrogen) atoms. The molecular weight excluding hydrogens is 152 g/mol. The Kier molecular flexibility index (Phi) is 3.22. The van der Waals surface area contributed by atoms with Crippen LogP contribution in [0.4, 0.5) is 0 Å². The van der Waals surface area contributed by atoms with E-state index < -0.39 is 12.0 Å². The first-order valence-corrected chi connectivity index (χ1v) is 4.07. The van der Waals surface area contributed by atoms with E-state index in [1.165, 1.54) is 0 Å². The number of hydrogen-bond acceptors (Lipinski definition) is 2. The molecule has 2 heteroatoms. The highest BCUT2D eigenvalue weighted by Gasteiger charge is 2.40. The molecule has 0 aromatic rings. The third kappa shape index (κ3) is 1.75. The van der Waals surface area contributed by atoms with E-state index in [4.69, 9.17) is 5.11 Å². The van der Waals surface area contributed by atoms with E-state index in [1.54, 1.807) is 6.08 Å². The third-order valence-electron chi connectivity index (χ3n) is 2.96. The molecule has 70 valence electrons. The zero-order chi connectivity index (χ0) is 9.99. The van der Waals surface area contributed by atoms with Crippen molar-refractivity contribution in [3.63, 3.8) is 0 Å². The summed E-state index contributed by atoms with van der Waals surface area (Å²) in [5, 5.41) is 8.75. The van der Waals surface area contributed by atoms with Crippen LogP contribution in [0.15, 0.2) is 12.7 Å². The van der Waals surface area contributed by atoms with Gasteiger partial charge in [0.05, 0.1) is 0 Å². The molecule has 0 aliphatic rings. The molecule has 0 heterocycles. The van der Waals surface area contributed by atoms with Gasteiger partial charge in [-0.05, 0) is 5.41 Å². The van der Waals surface area contributed by atoms with Crippen molar-refractivity contribution in [2.24, 2.45) is 10.8 Å². The maximum atomic E-state index is 11.3. The van der Waals surface area contributed by atoms with Gasteiger partial charge in [0.2, 0.25) is 0 Å². The summed E-state index contributed by atoms with van der Waals surface area (Å²) >= 11 is 0. The molecule has 0 aromatic heterocycles. The Balaban J connectivity index is 4.83. The van der Waals surface area contributed by atoms with Crippen molar-refractivity contribution in [3.8, 4) is 0 Å². The Morgan fingerprint density at radius 2 is 1.83 bits per heavy atom. The maximum Gasteiger partial charge on any atom is 0.164 e. The number of rotatable bonds is 4. The van der Waals surface area contributed by atoms with Crippen molar-refractivity contribution < 1.29 is 9.90 Å². The molecule has 0 unspecified atom stereocenters. The molecule has 0 rings (SSSR count). The summed E-state index contributed by atoms with van der Waals surface area (Å²) in [7, 11) is 0. The van der Waals surface area contributed by atoms with Crippen molar-refractivity contribution in [3.05, 3.63) is 12.7 Å². The van der Waals surface area contributed by atoms with Gasteiger partial charge in [0.25, 0.3) is 0 Å². The molecular formula is C10H18O2. The van der Waals surface area contributed by atoms with Crippen LogP contribution in [0, 0.1) is 10.8 Å². The van der Waals surface area contributed by atoms with Crippen molar-refractivity contribution in [1.29, 1.82) is 0 Å². The van der Waals surface area contributed by atoms with Crippen molar-refractivity contribution in [1.82, 2.24) is 0 Å². The van der Waals surface area contributed by atoms with E-state index in [-0.39, 0.29) is 11.2 Å². The SMILES string of the molecule is C=CC(C)(C)C(C)(C)C(=O)CO. The summed E-state index contributed by atoms with van der Waals surface area (Å²) in [5.41, 5.74) is -0.837. The minimum Gasteiger partial charge on any atom is -0.389 e. The molecule has 0 amide bonds. The fourth-order valence-corrected chi connectivity index (χ4v) is 0.812. The summed E-state index contributed by atoms with van der Waals surface area (Å²) in [6.45, 7) is 10.8. The number of allylic oxidation sites excluding steroid dienone is 1. The molecule has 0 saturated carbocycles. The fourth-order valence-electron chi connectivity index (χ4n) is 0.812. The van der Waals surface area contributed by atoms with Gasteiger partial charge < -0.3 is 5.11 Å². The molecule has 0 aliphatic carbocycles. The number of ketones is 1. The lowest BCUT2D eigenvalue weighted by Crippen LogP contribution is -2.39. The number of carbonyl (C=O) groups is 1. The molecule has 0 bridgehead atoms. The Morgan fingerprint density at radius 3 is 2.08 bits per heavy atom.